The standard InChI is InChI=1S/C26H28N2O3.HI/c1-26(2)17-10-7-8-11-20(17)28(3)24(26)15-14-18-23(31-6)16-19(27-18)25-21(29-4)12-9-13-22(25)30-5;/h7-16H,1-6H3;1H. The molecule has 4 rings (SSSR count). The number of aromatic amines is 1. The van der Waals surface area contributed by atoms with E-state index in [-0.39, 0.29) is 29.4 Å². The molecule has 0 radical (unpaired) electrons. The van der Waals surface area contributed by atoms with E-state index in [1.807, 2.05) is 24.3 Å². The van der Waals surface area contributed by atoms with Gasteiger partial charge in [0.2, 0.25) is 5.69 Å². The third-order valence-electron chi connectivity index (χ3n) is 6.08. The number of hydrogen-bond donors (Lipinski definition) is 1. The molecule has 0 amide bonds. The molecule has 1 aliphatic heterocycles. The van der Waals surface area contributed by atoms with Gasteiger partial charge < -0.3 is 43.2 Å². The van der Waals surface area contributed by atoms with Crippen LogP contribution >= 0.6 is 0 Å². The summed E-state index contributed by atoms with van der Waals surface area (Å²) in [7, 11) is 7.11. The molecule has 0 spiro atoms. The van der Waals surface area contributed by atoms with Gasteiger partial charge in [-0.15, -0.1) is 0 Å². The number of H-pyrrole nitrogens is 1. The van der Waals surface area contributed by atoms with E-state index in [9.17, 15) is 0 Å². The van der Waals surface area contributed by atoms with Gasteiger partial charge in [-0.25, -0.2) is 0 Å². The Morgan fingerprint density at radius 3 is 2.06 bits per heavy atom. The van der Waals surface area contributed by atoms with Crippen LogP contribution in [0.1, 0.15) is 25.1 Å². The van der Waals surface area contributed by atoms with Crippen LogP contribution in [0, 0.1) is 0 Å². The van der Waals surface area contributed by atoms with Crippen LogP contribution in [0.3, 0.4) is 0 Å². The zero-order valence-corrected chi connectivity index (χ0v) is 21.5. The lowest BCUT2D eigenvalue weighted by Crippen LogP contribution is -3.00. The summed E-state index contributed by atoms with van der Waals surface area (Å²) in [5.41, 5.74) is 6.33. The number of rotatable bonds is 6. The first-order valence-corrected chi connectivity index (χ1v) is 10.3. The van der Waals surface area contributed by atoms with Crippen LogP contribution in [0.5, 0.6) is 17.2 Å². The van der Waals surface area contributed by atoms with E-state index in [1.54, 1.807) is 21.3 Å². The van der Waals surface area contributed by atoms with Crippen LogP contribution in [-0.2, 0) is 5.41 Å². The summed E-state index contributed by atoms with van der Waals surface area (Å²) >= 11 is 0. The molecule has 0 atom stereocenters. The molecule has 0 bridgehead atoms. The second kappa shape index (κ2) is 9.40. The van der Waals surface area contributed by atoms with Crippen LogP contribution in [0.4, 0.5) is 5.69 Å². The SMILES string of the molecule is COc1cc(-c2c(OC)cccc2OC)[nH]c1/C=C/C1=[N+](C)c2ccccc2C1(C)C.[I-]. The lowest BCUT2D eigenvalue weighted by molar-refractivity contribution is -0.401. The fourth-order valence-corrected chi connectivity index (χ4v) is 4.46. The minimum absolute atomic E-state index is 0. The lowest BCUT2D eigenvalue weighted by atomic mass is 9.81. The van der Waals surface area contributed by atoms with Gasteiger partial charge in [-0.05, 0) is 32.1 Å². The highest BCUT2D eigenvalue weighted by molar-refractivity contribution is 6.05. The van der Waals surface area contributed by atoms with Crippen molar-refractivity contribution in [3.05, 3.63) is 65.9 Å². The van der Waals surface area contributed by atoms with Crippen molar-refractivity contribution in [3.8, 4) is 28.5 Å². The number of halogens is 1. The maximum absolute atomic E-state index is 5.66. The Labute approximate surface area is 206 Å². The fraction of sp³-hybridized carbons (Fsp3) is 0.269. The van der Waals surface area contributed by atoms with E-state index >= 15 is 0 Å². The van der Waals surface area contributed by atoms with E-state index in [1.165, 1.54) is 17.0 Å². The Hall–Kier alpha value is -2.74. The Balaban J connectivity index is 0.00000289. The van der Waals surface area contributed by atoms with Crippen molar-refractivity contribution in [2.24, 2.45) is 0 Å². The molecular weight excluding hydrogens is 515 g/mol. The van der Waals surface area contributed by atoms with Crippen LogP contribution in [0.15, 0.2) is 54.6 Å². The maximum atomic E-state index is 5.66. The van der Waals surface area contributed by atoms with Crippen molar-refractivity contribution >= 4 is 17.5 Å². The van der Waals surface area contributed by atoms with E-state index < -0.39 is 0 Å². The summed E-state index contributed by atoms with van der Waals surface area (Å²) in [6.45, 7) is 4.51. The molecule has 0 saturated heterocycles. The number of hydrogen-bond acceptors (Lipinski definition) is 3. The third kappa shape index (κ3) is 3.92. The Kier molecular flexibility index (Phi) is 7.03. The first kappa shape index (κ1) is 23.9. The lowest BCUT2D eigenvalue weighted by Gasteiger charge is -2.15. The monoisotopic (exact) mass is 544 g/mol. The third-order valence-corrected chi connectivity index (χ3v) is 6.08. The minimum Gasteiger partial charge on any atom is -1.00 e. The molecule has 2 aromatic carbocycles. The molecule has 0 aliphatic carbocycles. The van der Waals surface area contributed by atoms with Gasteiger partial charge in [0.05, 0.1) is 43.7 Å². The van der Waals surface area contributed by atoms with Crippen molar-refractivity contribution in [2.75, 3.05) is 28.4 Å². The van der Waals surface area contributed by atoms with Gasteiger partial charge in [0.1, 0.15) is 24.3 Å². The summed E-state index contributed by atoms with van der Waals surface area (Å²) < 4.78 is 19.1. The van der Waals surface area contributed by atoms with Gasteiger partial charge in [0.25, 0.3) is 0 Å². The van der Waals surface area contributed by atoms with Gasteiger partial charge >= 0.3 is 0 Å². The molecule has 0 saturated carbocycles. The number of nitrogens with one attached hydrogen (secondary N) is 1. The van der Waals surface area contributed by atoms with Gasteiger partial charge in [-0.1, -0.05) is 24.3 Å². The first-order valence-electron chi connectivity index (χ1n) is 10.3. The normalized spacial score (nSPS) is 14.3. The molecular formula is C26H29IN2O3. The van der Waals surface area contributed by atoms with Crippen molar-refractivity contribution < 1.29 is 42.8 Å². The highest BCUT2D eigenvalue weighted by Crippen LogP contribution is 2.41. The van der Waals surface area contributed by atoms with Crippen LogP contribution in [0.2, 0.25) is 0 Å². The smallest absolute Gasteiger partial charge is 0.209 e. The number of nitrogens with zero attached hydrogens (tertiary/aromatic N) is 1. The van der Waals surface area contributed by atoms with Crippen LogP contribution in [0.25, 0.3) is 17.3 Å². The number of para-hydroxylation sites is 1. The Bertz CT molecular complexity index is 1170. The number of fused-ring (bicyclic) bond motifs is 1. The van der Waals surface area contributed by atoms with Crippen molar-refractivity contribution in [2.45, 2.75) is 19.3 Å². The number of aromatic nitrogens is 1. The molecule has 0 fully saturated rings. The van der Waals surface area contributed by atoms with Crippen LogP contribution in [-0.4, -0.2) is 43.6 Å². The molecule has 0 unspecified atom stereocenters. The summed E-state index contributed by atoms with van der Waals surface area (Å²) in [5, 5.41) is 0. The van der Waals surface area contributed by atoms with Gasteiger partial charge in [0, 0.05) is 23.8 Å². The minimum atomic E-state index is -0.0869. The first-order chi connectivity index (χ1) is 14.9. The highest BCUT2D eigenvalue weighted by Gasteiger charge is 2.42. The Morgan fingerprint density at radius 1 is 0.844 bits per heavy atom. The molecule has 2 heterocycles. The summed E-state index contributed by atoms with van der Waals surface area (Å²) in [5.74, 6) is 2.23. The quantitative estimate of drug-likeness (QED) is 0.383. The molecule has 5 nitrogen and oxygen atoms in total. The second-order valence-corrected chi connectivity index (χ2v) is 8.12. The molecule has 32 heavy (non-hydrogen) atoms. The topological polar surface area (TPSA) is 46.5 Å². The predicted molar refractivity (Wildman–Crippen MR) is 125 cm³/mol. The zero-order valence-electron chi connectivity index (χ0n) is 19.3. The molecule has 1 aromatic heterocycles. The number of benzene rings is 2. The number of methoxy groups -OCH3 is 3. The average molecular weight is 544 g/mol. The molecule has 168 valence electrons. The van der Waals surface area contributed by atoms with Gasteiger partial charge in [0.15, 0.2) is 5.71 Å². The van der Waals surface area contributed by atoms with E-state index in [2.05, 4.69) is 66.9 Å². The summed E-state index contributed by atoms with van der Waals surface area (Å²) in [6.07, 6.45) is 4.24. The predicted octanol–water partition coefficient (Wildman–Crippen LogP) is 2.43. The van der Waals surface area contributed by atoms with E-state index in [4.69, 9.17) is 14.2 Å². The van der Waals surface area contributed by atoms with Crippen LogP contribution < -0.4 is 38.2 Å². The van der Waals surface area contributed by atoms with E-state index in [0.717, 1.165) is 34.2 Å². The number of ether oxygens (including phenoxy) is 3. The number of allylic oxidation sites excluding steroid dienone is 1. The van der Waals surface area contributed by atoms with Crippen molar-refractivity contribution in [3.63, 3.8) is 0 Å². The maximum Gasteiger partial charge on any atom is 0.209 e. The molecule has 1 aliphatic rings. The van der Waals surface area contributed by atoms with Gasteiger partial charge in [-0.3, -0.25) is 0 Å². The highest BCUT2D eigenvalue weighted by atomic mass is 127. The largest absolute Gasteiger partial charge is 1.00 e. The molecule has 3 aromatic rings. The fourth-order valence-electron chi connectivity index (χ4n) is 4.46. The van der Waals surface area contributed by atoms with Gasteiger partial charge in [-0.2, -0.15) is 4.58 Å². The molecule has 1 N–H and O–H groups in total. The van der Waals surface area contributed by atoms with Crippen molar-refractivity contribution in [1.29, 1.82) is 0 Å². The second-order valence-electron chi connectivity index (χ2n) is 8.12. The summed E-state index contributed by atoms with van der Waals surface area (Å²) in [4.78, 5) is 3.48. The Morgan fingerprint density at radius 2 is 1.47 bits per heavy atom. The van der Waals surface area contributed by atoms with E-state index in [0.29, 0.717) is 0 Å². The van der Waals surface area contributed by atoms with Crippen molar-refractivity contribution in [1.82, 2.24) is 4.98 Å². The summed E-state index contributed by atoms with van der Waals surface area (Å²) in [6, 6.07) is 16.3. The average Bonchev–Trinajstić information content (AvgIpc) is 3.28. The zero-order chi connectivity index (χ0) is 22.2. The molecule has 6 heteroatoms.